The van der Waals surface area contributed by atoms with Gasteiger partial charge in [0.1, 0.15) is 5.69 Å². The summed E-state index contributed by atoms with van der Waals surface area (Å²) < 4.78 is 0. The zero-order valence-corrected chi connectivity index (χ0v) is 16.3. The maximum absolute atomic E-state index is 11.5. The number of hydrogen-bond donors (Lipinski definition) is 5. The highest BCUT2D eigenvalue weighted by Gasteiger charge is 2.14. The molecule has 3 aromatic rings. The minimum Gasteiger partial charge on any atom is -0.595 e. The Morgan fingerprint density at radius 1 is 0.793 bits per heavy atom. The van der Waals surface area contributed by atoms with Gasteiger partial charge in [0.25, 0.3) is 0 Å². The predicted molar refractivity (Wildman–Crippen MR) is 110 cm³/mol. The quantitative estimate of drug-likeness (QED) is 0.301. The molecule has 8 nitrogen and oxygen atoms in total. The second-order valence-electron chi connectivity index (χ2n) is 5.96. The van der Waals surface area contributed by atoms with E-state index in [0.29, 0.717) is 15.8 Å². The Labute approximate surface area is 175 Å². The van der Waals surface area contributed by atoms with Gasteiger partial charge in [0, 0.05) is 27.2 Å². The standard InChI is InChI=1S/C19H16Cl2N4O4/c20-14-5-1-12(2-6-14)19(13-3-7-15(21)8-4-13)23-22-17-10-9-16(24(26)27)11-18(17)25(28)29/h1-11,22,24-26,28H. The van der Waals surface area contributed by atoms with Crippen LogP contribution in [0, 0.1) is 10.4 Å². The summed E-state index contributed by atoms with van der Waals surface area (Å²) in [5, 5.41) is 44.2. The summed E-state index contributed by atoms with van der Waals surface area (Å²) in [6.07, 6.45) is 0. The molecule has 0 saturated heterocycles. The van der Waals surface area contributed by atoms with E-state index in [9.17, 15) is 15.6 Å². The van der Waals surface area contributed by atoms with Crippen molar-refractivity contribution in [3.63, 3.8) is 0 Å². The Balaban J connectivity index is 2.03. The molecule has 3 aromatic carbocycles. The molecule has 0 heterocycles. The van der Waals surface area contributed by atoms with Crippen LogP contribution in [0.3, 0.4) is 0 Å². The largest absolute Gasteiger partial charge is 0.595 e. The van der Waals surface area contributed by atoms with E-state index >= 15 is 0 Å². The monoisotopic (exact) mass is 434 g/mol. The van der Waals surface area contributed by atoms with E-state index in [1.165, 1.54) is 12.1 Å². The van der Waals surface area contributed by atoms with Crippen molar-refractivity contribution in [1.82, 2.24) is 0 Å². The van der Waals surface area contributed by atoms with Crippen molar-refractivity contribution in [3.8, 4) is 0 Å². The second-order valence-corrected chi connectivity index (χ2v) is 6.83. The molecule has 0 saturated carbocycles. The molecule has 0 amide bonds. The summed E-state index contributed by atoms with van der Waals surface area (Å²) in [5.41, 5.74) is 4.55. The number of quaternary nitrogens is 2. The van der Waals surface area contributed by atoms with E-state index in [-0.39, 0.29) is 17.1 Å². The molecule has 2 unspecified atom stereocenters. The number of nitrogens with zero attached hydrogens (tertiary/aromatic N) is 1. The predicted octanol–water partition coefficient (Wildman–Crippen LogP) is 2.66. The summed E-state index contributed by atoms with van der Waals surface area (Å²) in [6, 6.07) is 17.7. The first-order chi connectivity index (χ1) is 13.8. The molecule has 10 heteroatoms. The van der Waals surface area contributed by atoms with Crippen LogP contribution in [-0.2, 0) is 0 Å². The van der Waals surface area contributed by atoms with Gasteiger partial charge in [0.2, 0.25) is 0 Å². The Bertz CT molecular complexity index is 962. The molecule has 0 fully saturated rings. The van der Waals surface area contributed by atoms with Crippen LogP contribution in [0.15, 0.2) is 71.8 Å². The van der Waals surface area contributed by atoms with E-state index in [1.807, 2.05) is 0 Å². The molecule has 0 aliphatic heterocycles. The first kappa shape index (κ1) is 21.2. The summed E-state index contributed by atoms with van der Waals surface area (Å²) in [5.74, 6) is 0. The Kier molecular flexibility index (Phi) is 6.80. The van der Waals surface area contributed by atoms with Gasteiger partial charge >= 0.3 is 0 Å². The molecule has 0 aliphatic rings. The molecule has 0 aromatic heterocycles. The molecular weight excluding hydrogens is 419 g/mol. The van der Waals surface area contributed by atoms with Crippen LogP contribution in [0.4, 0.5) is 17.1 Å². The van der Waals surface area contributed by atoms with Crippen LogP contribution in [0.1, 0.15) is 11.1 Å². The van der Waals surface area contributed by atoms with Crippen molar-refractivity contribution in [2.24, 2.45) is 5.10 Å². The highest BCUT2D eigenvalue weighted by atomic mass is 35.5. The Morgan fingerprint density at radius 3 is 1.76 bits per heavy atom. The molecule has 150 valence electrons. The fourth-order valence-corrected chi connectivity index (χ4v) is 2.83. The SMILES string of the molecule is [O-][NH+](O)c1ccc(NN=C(c2ccc(Cl)cc2)c2ccc(Cl)cc2)c([NH+]([O-])O)c1. The van der Waals surface area contributed by atoms with E-state index < -0.39 is 10.5 Å². The van der Waals surface area contributed by atoms with E-state index in [4.69, 9.17) is 28.4 Å². The van der Waals surface area contributed by atoms with Crippen LogP contribution in [0.5, 0.6) is 0 Å². The van der Waals surface area contributed by atoms with Crippen LogP contribution >= 0.6 is 23.2 Å². The third-order valence-electron chi connectivity index (χ3n) is 4.02. The summed E-state index contributed by atoms with van der Waals surface area (Å²) >= 11 is 11.9. The third-order valence-corrected chi connectivity index (χ3v) is 4.52. The van der Waals surface area contributed by atoms with Crippen LogP contribution in [-0.4, -0.2) is 16.1 Å². The van der Waals surface area contributed by atoms with Crippen molar-refractivity contribution < 1.29 is 20.9 Å². The molecule has 29 heavy (non-hydrogen) atoms. The van der Waals surface area contributed by atoms with Crippen LogP contribution < -0.4 is 15.9 Å². The lowest BCUT2D eigenvalue weighted by molar-refractivity contribution is -0.996. The molecule has 0 aliphatic carbocycles. The van der Waals surface area contributed by atoms with Crippen LogP contribution in [0.25, 0.3) is 0 Å². The Morgan fingerprint density at radius 2 is 1.31 bits per heavy atom. The van der Waals surface area contributed by atoms with Gasteiger partial charge in [-0.2, -0.15) is 15.6 Å². The van der Waals surface area contributed by atoms with Gasteiger partial charge in [0.05, 0.1) is 11.8 Å². The van der Waals surface area contributed by atoms with Gasteiger partial charge in [-0.3, -0.25) is 5.43 Å². The average molecular weight is 435 g/mol. The summed E-state index contributed by atoms with van der Waals surface area (Å²) in [4.78, 5) is 0. The highest BCUT2D eigenvalue weighted by Crippen LogP contribution is 2.22. The number of anilines is 1. The van der Waals surface area contributed by atoms with Crippen molar-refractivity contribution in [2.75, 3.05) is 5.43 Å². The van der Waals surface area contributed by atoms with Crippen molar-refractivity contribution in [1.29, 1.82) is 0 Å². The number of rotatable bonds is 6. The molecule has 0 spiro atoms. The van der Waals surface area contributed by atoms with Crippen molar-refractivity contribution in [3.05, 3.63) is 98.3 Å². The molecule has 0 radical (unpaired) electrons. The molecule has 2 atom stereocenters. The average Bonchev–Trinajstić information content (AvgIpc) is 2.70. The van der Waals surface area contributed by atoms with E-state index in [0.717, 1.165) is 17.2 Å². The highest BCUT2D eigenvalue weighted by molar-refractivity contribution is 6.31. The van der Waals surface area contributed by atoms with Gasteiger partial charge in [-0.25, -0.2) is 10.4 Å². The minimum atomic E-state index is -1.27. The van der Waals surface area contributed by atoms with E-state index in [2.05, 4.69) is 10.5 Å². The lowest BCUT2D eigenvalue weighted by Gasteiger charge is -2.18. The number of halogens is 2. The fourth-order valence-electron chi connectivity index (χ4n) is 2.58. The van der Waals surface area contributed by atoms with Crippen molar-refractivity contribution in [2.45, 2.75) is 0 Å². The normalized spacial score (nSPS) is 12.9. The molecular formula is C19H16Cl2N4O4. The molecule has 0 bridgehead atoms. The van der Waals surface area contributed by atoms with E-state index in [1.54, 1.807) is 48.5 Å². The molecule has 5 N–H and O–H groups in total. The first-order valence-corrected chi connectivity index (χ1v) is 9.07. The molecule has 3 rings (SSSR count). The smallest absolute Gasteiger partial charge is 0.195 e. The zero-order valence-electron chi connectivity index (χ0n) is 14.8. The van der Waals surface area contributed by atoms with Gasteiger partial charge in [-0.1, -0.05) is 47.5 Å². The van der Waals surface area contributed by atoms with Crippen LogP contribution in [0.2, 0.25) is 10.0 Å². The number of nitrogens with one attached hydrogen (secondary N) is 3. The first-order valence-electron chi connectivity index (χ1n) is 8.31. The van der Waals surface area contributed by atoms with Crippen molar-refractivity contribution >= 4 is 46.0 Å². The Hall–Kier alpha value is -2.53. The number of hydrazone groups is 1. The number of hydrogen-bond acceptors (Lipinski definition) is 6. The topological polar surface area (TPSA) is 120 Å². The third kappa shape index (κ3) is 5.30. The van der Waals surface area contributed by atoms with Gasteiger partial charge in [-0.15, -0.1) is 0 Å². The van der Waals surface area contributed by atoms with Gasteiger partial charge < -0.3 is 10.4 Å². The second kappa shape index (κ2) is 9.31. The zero-order chi connectivity index (χ0) is 21.0. The summed E-state index contributed by atoms with van der Waals surface area (Å²) in [6.45, 7) is 0. The summed E-state index contributed by atoms with van der Waals surface area (Å²) in [7, 11) is 0. The number of benzene rings is 3. The maximum Gasteiger partial charge on any atom is 0.195 e. The van der Waals surface area contributed by atoms with Gasteiger partial charge in [0.15, 0.2) is 11.4 Å². The lowest BCUT2D eigenvalue weighted by Crippen LogP contribution is -3.00. The van der Waals surface area contributed by atoms with Gasteiger partial charge in [-0.05, 0) is 30.3 Å². The fraction of sp³-hybridized carbons (Fsp3) is 0. The maximum atomic E-state index is 11.5. The minimum absolute atomic E-state index is 0.132. The lowest BCUT2D eigenvalue weighted by atomic mass is 10.0.